The summed E-state index contributed by atoms with van der Waals surface area (Å²) in [6.45, 7) is 6.70. The van der Waals surface area contributed by atoms with Crippen LogP contribution in [0.2, 0.25) is 0 Å². The van der Waals surface area contributed by atoms with Gasteiger partial charge in [-0.05, 0) is 51.0 Å². The summed E-state index contributed by atoms with van der Waals surface area (Å²) in [7, 11) is 1.66. The maximum atomic E-state index is 12.9. The molecule has 0 aliphatic heterocycles. The van der Waals surface area contributed by atoms with E-state index in [1.807, 2.05) is 39.0 Å². The lowest BCUT2D eigenvalue weighted by molar-refractivity contribution is -0.117. The summed E-state index contributed by atoms with van der Waals surface area (Å²) in [5, 5.41) is 0. The Hall–Kier alpha value is -2.58. The largest absolute Gasteiger partial charge is 0.497 e. The number of aryl methyl sites for hydroxylation is 3. The molecule has 8 heteroatoms. The van der Waals surface area contributed by atoms with Crippen LogP contribution in [-0.4, -0.2) is 34.1 Å². The van der Waals surface area contributed by atoms with E-state index in [0.29, 0.717) is 5.75 Å². The molecular weight excluding hydrogens is 430 g/mol. The van der Waals surface area contributed by atoms with Crippen LogP contribution in [0.15, 0.2) is 34.7 Å². The zero-order chi connectivity index (χ0) is 22.5. The average molecular weight is 458 g/mol. The van der Waals surface area contributed by atoms with Gasteiger partial charge in [-0.15, -0.1) is 11.3 Å². The van der Waals surface area contributed by atoms with Crippen molar-refractivity contribution in [2.75, 3.05) is 12.9 Å². The Bertz CT molecular complexity index is 1080. The molecule has 0 unspecified atom stereocenters. The highest BCUT2D eigenvalue weighted by molar-refractivity contribution is 8.01. The number of thiazole rings is 1. The molecule has 1 aromatic carbocycles. The third-order valence-electron chi connectivity index (χ3n) is 5.19. The number of hydrogen-bond acceptors (Lipinski definition) is 6. The molecule has 3 aromatic rings. The van der Waals surface area contributed by atoms with E-state index in [1.54, 1.807) is 7.11 Å². The summed E-state index contributed by atoms with van der Waals surface area (Å²) in [5.41, 5.74) is 10.1. The molecule has 0 saturated carbocycles. The number of ketones is 1. The number of carbonyl (C=O) groups excluding carboxylic acids is 2. The van der Waals surface area contributed by atoms with Crippen LogP contribution in [0.1, 0.15) is 37.9 Å². The third-order valence-corrected chi connectivity index (χ3v) is 7.49. The molecule has 2 aromatic heterocycles. The number of rotatable bonds is 10. The summed E-state index contributed by atoms with van der Waals surface area (Å²) >= 11 is 2.84. The Morgan fingerprint density at radius 3 is 2.55 bits per heavy atom. The lowest BCUT2D eigenvalue weighted by atomic mass is 10.1. The van der Waals surface area contributed by atoms with Crippen molar-refractivity contribution in [3.05, 3.63) is 63.4 Å². The van der Waals surface area contributed by atoms with Crippen molar-refractivity contribution in [2.24, 2.45) is 5.73 Å². The van der Waals surface area contributed by atoms with Crippen LogP contribution < -0.4 is 10.5 Å². The number of carbonyl (C=O) groups is 2. The van der Waals surface area contributed by atoms with E-state index in [-0.39, 0.29) is 18.1 Å². The molecule has 2 heterocycles. The second-order valence-corrected chi connectivity index (χ2v) is 9.68. The summed E-state index contributed by atoms with van der Waals surface area (Å²) in [5.74, 6) is 0.866. The predicted molar refractivity (Wildman–Crippen MR) is 125 cm³/mol. The Kier molecular flexibility index (Phi) is 7.56. The van der Waals surface area contributed by atoms with Gasteiger partial charge in [0.15, 0.2) is 10.1 Å². The maximum Gasteiger partial charge on any atom is 0.222 e. The Morgan fingerprint density at radius 2 is 1.90 bits per heavy atom. The zero-order valence-electron chi connectivity index (χ0n) is 18.2. The van der Waals surface area contributed by atoms with Gasteiger partial charge in [0.25, 0.3) is 0 Å². The first kappa shape index (κ1) is 23.1. The fourth-order valence-electron chi connectivity index (χ4n) is 3.45. The predicted octanol–water partition coefficient (Wildman–Crippen LogP) is 4.12. The molecule has 0 aliphatic carbocycles. The monoisotopic (exact) mass is 457 g/mol. The zero-order valence-corrected chi connectivity index (χ0v) is 19.9. The average Bonchev–Trinajstić information content (AvgIpc) is 3.23. The number of aromatic nitrogens is 2. The van der Waals surface area contributed by atoms with Gasteiger partial charge in [0.1, 0.15) is 5.75 Å². The number of benzene rings is 1. The van der Waals surface area contributed by atoms with E-state index in [0.717, 1.165) is 50.6 Å². The molecular formula is C23H27N3O3S2. The number of Topliss-reactive ketones (excluding diaryl/α,β-unsaturated/α-hetero) is 1. The minimum absolute atomic E-state index is 0.0816. The van der Waals surface area contributed by atoms with Gasteiger partial charge in [-0.3, -0.25) is 9.59 Å². The van der Waals surface area contributed by atoms with Crippen molar-refractivity contribution in [1.82, 2.24) is 9.55 Å². The highest BCUT2D eigenvalue weighted by atomic mass is 32.2. The van der Waals surface area contributed by atoms with Gasteiger partial charge in [0.05, 0.1) is 25.0 Å². The van der Waals surface area contributed by atoms with Crippen molar-refractivity contribution in [1.29, 1.82) is 0 Å². The van der Waals surface area contributed by atoms with E-state index >= 15 is 0 Å². The van der Waals surface area contributed by atoms with Crippen LogP contribution in [0.3, 0.4) is 0 Å². The van der Waals surface area contributed by atoms with E-state index in [2.05, 4.69) is 21.7 Å². The minimum atomic E-state index is -0.374. The van der Waals surface area contributed by atoms with Gasteiger partial charge in [0, 0.05) is 28.4 Å². The van der Waals surface area contributed by atoms with Gasteiger partial charge in [0.2, 0.25) is 5.91 Å². The molecule has 2 N–H and O–H groups in total. The summed E-state index contributed by atoms with van der Waals surface area (Å²) in [6.07, 6.45) is 1.07. The Labute approximate surface area is 190 Å². The molecule has 6 nitrogen and oxygen atoms in total. The highest BCUT2D eigenvalue weighted by Crippen LogP contribution is 2.29. The molecule has 1 amide bonds. The van der Waals surface area contributed by atoms with E-state index in [1.165, 1.54) is 28.7 Å². The molecule has 3 rings (SSSR count). The fraction of sp³-hybridized carbons (Fsp3) is 0.348. The normalized spacial score (nSPS) is 11.0. The standard InChI is InChI=1S/C23H27N3O3S2/c1-14-11-19(16(3)26(14)10-9-17-5-7-18(29-4)8-6-17)20(27)13-30-23-25-15(2)21(31-23)12-22(24)28/h5-8,11H,9-10,12-13H2,1-4H3,(H2,24,28). The van der Waals surface area contributed by atoms with Crippen LogP contribution in [0, 0.1) is 20.8 Å². The van der Waals surface area contributed by atoms with Crippen molar-refractivity contribution in [2.45, 2.75) is 44.5 Å². The Morgan fingerprint density at radius 1 is 1.19 bits per heavy atom. The van der Waals surface area contributed by atoms with Crippen molar-refractivity contribution < 1.29 is 14.3 Å². The molecule has 0 fully saturated rings. The van der Waals surface area contributed by atoms with Crippen LogP contribution in [0.25, 0.3) is 0 Å². The first-order valence-corrected chi connectivity index (χ1v) is 11.8. The number of nitrogens with two attached hydrogens (primary N) is 1. The quantitative estimate of drug-likeness (QED) is 0.365. The lowest BCUT2D eigenvalue weighted by Gasteiger charge is -2.10. The number of hydrogen-bond donors (Lipinski definition) is 1. The molecule has 164 valence electrons. The van der Waals surface area contributed by atoms with Gasteiger partial charge in [-0.2, -0.15) is 0 Å². The molecule has 0 atom stereocenters. The van der Waals surface area contributed by atoms with Gasteiger partial charge in [-0.25, -0.2) is 4.98 Å². The van der Waals surface area contributed by atoms with E-state index in [4.69, 9.17) is 10.5 Å². The second kappa shape index (κ2) is 10.2. The number of methoxy groups -OCH3 is 1. The lowest BCUT2D eigenvalue weighted by Crippen LogP contribution is -2.13. The summed E-state index contributed by atoms with van der Waals surface area (Å²) < 4.78 is 8.19. The van der Waals surface area contributed by atoms with Crippen LogP contribution in [0.5, 0.6) is 5.75 Å². The molecule has 0 radical (unpaired) electrons. The number of nitrogens with zero attached hydrogens (tertiary/aromatic N) is 2. The highest BCUT2D eigenvalue weighted by Gasteiger charge is 2.17. The maximum absolute atomic E-state index is 12.9. The van der Waals surface area contributed by atoms with Crippen LogP contribution >= 0.6 is 23.1 Å². The molecule has 0 spiro atoms. The van der Waals surface area contributed by atoms with Crippen molar-refractivity contribution in [3.63, 3.8) is 0 Å². The van der Waals surface area contributed by atoms with Gasteiger partial charge in [-0.1, -0.05) is 23.9 Å². The summed E-state index contributed by atoms with van der Waals surface area (Å²) in [4.78, 5) is 29.3. The second-order valence-electron chi connectivity index (χ2n) is 7.38. The van der Waals surface area contributed by atoms with Gasteiger partial charge >= 0.3 is 0 Å². The minimum Gasteiger partial charge on any atom is -0.497 e. The Balaban J connectivity index is 1.63. The number of amides is 1. The number of primary amides is 1. The summed E-state index contributed by atoms with van der Waals surface area (Å²) in [6, 6.07) is 10.0. The molecule has 0 saturated heterocycles. The fourth-order valence-corrected chi connectivity index (χ4v) is 5.58. The van der Waals surface area contributed by atoms with Crippen molar-refractivity contribution >= 4 is 34.8 Å². The molecule has 0 aliphatic rings. The van der Waals surface area contributed by atoms with Crippen molar-refractivity contribution in [3.8, 4) is 5.75 Å². The molecule has 31 heavy (non-hydrogen) atoms. The number of thioether (sulfide) groups is 1. The smallest absolute Gasteiger partial charge is 0.222 e. The SMILES string of the molecule is COc1ccc(CCn2c(C)cc(C(=O)CSc3nc(C)c(CC(N)=O)s3)c2C)cc1. The first-order valence-electron chi connectivity index (χ1n) is 9.98. The van der Waals surface area contributed by atoms with Crippen LogP contribution in [0.4, 0.5) is 0 Å². The van der Waals surface area contributed by atoms with Crippen LogP contribution in [-0.2, 0) is 24.2 Å². The first-order chi connectivity index (χ1) is 14.8. The molecule has 0 bridgehead atoms. The number of ether oxygens (including phenoxy) is 1. The van der Waals surface area contributed by atoms with E-state index < -0.39 is 0 Å². The topological polar surface area (TPSA) is 87.2 Å². The van der Waals surface area contributed by atoms with Gasteiger partial charge < -0.3 is 15.0 Å². The third kappa shape index (κ3) is 5.77. The van der Waals surface area contributed by atoms with E-state index in [9.17, 15) is 9.59 Å².